The van der Waals surface area contributed by atoms with Crippen molar-refractivity contribution in [2.24, 2.45) is 0 Å². The highest BCUT2D eigenvalue weighted by Crippen LogP contribution is 2.34. The molecule has 6 heteroatoms. The van der Waals surface area contributed by atoms with Gasteiger partial charge in [0.1, 0.15) is 0 Å². The fraction of sp³-hybridized carbons (Fsp3) is 1.00. The van der Waals surface area contributed by atoms with Gasteiger partial charge in [0.2, 0.25) is 0 Å². The molecule has 110 valence electrons. The van der Waals surface area contributed by atoms with Gasteiger partial charge in [-0.2, -0.15) is 17.9 Å². The van der Waals surface area contributed by atoms with E-state index in [-0.39, 0.29) is 17.6 Å². The number of hydrogen-bond donors (Lipinski definition) is 3. The van der Waals surface area contributed by atoms with Crippen LogP contribution in [0.1, 0.15) is 57.8 Å². The second-order valence-electron chi connectivity index (χ2n) is 6.47. The molecule has 3 fully saturated rings. The summed E-state index contributed by atoms with van der Waals surface area (Å²) in [6.07, 6.45) is 10.1. The van der Waals surface area contributed by atoms with Crippen LogP contribution in [0.15, 0.2) is 0 Å². The molecular formula is C13H25N3O2S. The number of piperidine rings is 1. The van der Waals surface area contributed by atoms with E-state index < -0.39 is 10.2 Å². The molecule has 0 aromatic rings. The Kier molecular flexibility index (Phi) is 3.86. The van der Waals surface area contributed by atoms with Crippen molar-refractivity contribution in [2.75, 3.05) is 6.54 Å². The van der Waals surface area contributed by atoms with Crippen LogP contribution in [-0.2, 0) is 10.2 Å². The van der Waals surface area contributed by atoms with E-state index >= 15 is 0 Å². The van der Waals surface area contributed by atoms with Crippen molar-refractivity contribution in [2.45, 2.75) is 75.4 Å². The van der Waals surface area contributed by atoms with Crippen molar-refractivity contribution < 1.29 is 8.42 Å². The van der Waals surface area contributed by atoms with E-state index in [1.54, 1.807) is 0 Å². The van der Waals surface area contributed by atoms with Crippen molar-refractivity contribution in [3.63, 3.8) is 0 Å². The van der Waals surface area contributed by atoms with E-state index in [2.05, 4.69) is 14.8 Å². The summed E-state index contributed by atoms with van der Waals surface area (Å²) in [5.74, 6) is 0. The summed E-state index contributed by atoms with van der Waals surface area (Å²) in [5.41, 5.74) is 0.198. The maximum absolute atomic E-state index is 12.0. The molecule has 19 heavy (non-hydrogen) atoms. The Balaban J connectivity index is 1.58. The first-order chi connectivity index (χ1) is 9.07. The lowest BCUT2D eigenvalue weighted by molar-refractivity contribution is 0.165. The molecule has 1 aliphatic heterocycles. The Bertz CT molecular complexity index is 408. The molecule has 2 saturated carbocycles. The van der Waals surface area contributed by atoms with Crippen LogP contribution in [0, 0.1) is 0 Å². The molecule has 0 bridgehead atoms. The standard InChI is InChI=1S/C13H25N3O2S/c17-19(18,15-11-4-5-11)16-12-6-9-14-13(10-12)7-2-1-3-8-13/h11-12,14-16H,1-10H2. The Hall–Kier alpha value is -0.170. The molecule has 0 aromatic heterocycles. The molecule has 1 atom stereocenters. The molecular weight excluding hydrogens is 262 g/mol. The van der Waals surface area contributed by atoms with E-state index in [0.717, 1.165) is 32.2 Å². The molecule has 1 unspecified atom stereocenters. The predicted molar refractivity (Wildman–Crippen MR) is 75.1 cm³/mol. The average molecular weight is 287 g/mol. The number of nitrogens with one attached hydrogen (secondary N) is 3. The summed E-state index contributed by atoms with van der Waals surface area (Å²) >= 11 is 0. The van der Waals surface area contributed by atoms with Gasteiger partial charge in [0.05, 0.1) is 0 Å². The van der Waals surface area contributed by atoms with Crippen LogP contribution in [0.4, 0.5) is 0 Å². The minimum atomic E-state index is -3.30. The molecule has 3 N–H and O–H groups in total. The molecule has 1 heterocycles. The van der Waals surface area contributed by atoms with E-state index in [4.69, 9.17) is 0 Å². The smallest absolute Gasteiger partial charge is 0.277 e. The first-order valence-electron chi connectivity index (χ1n) is 7.62. The van der Waals surface area contributed by atoms with Crippen LogP contribution >= 0.6 is 0 Å². The molecule has 0 radical (unpaired) electrons. The minimum Gasteiger partial charge on any atom is -0.311 e. The quantitative estimate of drug-likeness (QED) is 0.723. The van der Waals surface area contributed by atoms with Crippen LogP contribution in [0.2, 0.25) is 0 Å². The zero-order valence-corrected chi connectivity index (χ0v) is 12.3. The van der Waals surface area contributed by atoms with Gasteiger partial charge in [0.15, 0.2) is 0 Å². The molecule has 0 amide bonds. The van der Waals surface area contributed by atoms with Crippen molar-refractivity contribution in [1.29, 1.82) is 0 Å². The van der Waals surface area contributed by atoms with Crippen molar-refractivity contribution >= 4 is 10.2 Å². The third-order valence-electron chi connectivity index (χ3n) is 4.66. The maximum Gasteiger partial charge on any atom is 0.277 e. The Morgan fingerprint density at radius 1 is 0.947 bits per heavy atom. The molecule has 2 aliphatic carbocycles. The van der Waals surface area contributed by atoms with Gasteiger partial charge in [-0.1, -0.05) is 19.3 Å². The monoisotopic (exact) mass is 287 g/mol. The van der Waals surface area contributed by atoms with Gasteiger partial charge in [-0.15, -0.1) is 0 Å². The fourth-order valence-electron chi connectivity index (χ4n) is 3.54. The molecule has 3 aliphatic rings. The summed E-state index contributed by atoms with van der Waals surface area (Å²) in [7, 11) is -3.30. The zero-order chi connectivity index (χ0) is 13.3. The van der Waals surface area contributed by atoms with Crippen molar-refractivity contribution in [3.8, 4) is 0 Å². The van der Waals surface area contributed by atoms with Crippen LogP contribution in [0.25, 0.3) is 0 Å². The predicted octanol–water partition coefficient (Wildman–Crippen LogP) is 1.03. The third kappa shape index (κ3) is 3.68. The summed E-state index contributed by atoms with van der Waals surface area (Å²) in [6.45, 7) is 0.927. The maximum atomic E-state index is 12.0. The van der Waals surface area contributed by atoms with Gasteiger partial charge in [0, 0.05) is 17.6 Å². The molecule has 3 rings (SSSR count). The van der Waals surface area contributed by atoms with E-state index in [9.17, 15) is 8.42 Å². The Labute approximate surface area is 116 Å². The Morgan fingerprint density at radius 2 is 1.63 bits per heavy atom. The van der Waals surface area contributed by atoms with Gasteiger partial charge in [-0.05, 0) is 45.1 Å². The molecule has 0 aromatic carbocycles. The van der Waals surface area contributed by atoms with Gasteiger partial charge in [0.25, 0.3) is 10.2 Å². The highest BCUT2D eigenvalue weighted by molar-refractivity contribution is 7.87. The highest BCUT2D eigenvalue weighted by Gasteiger charge is 2.38. The topological polar surface area (TPSA) is 70.2 Å². The van der Waals surface area contributed by atoms with Crippen molar-refractivity contribution in [3.05, 3.63) is 0 Å². The number of hydrogen-bond acceptors (Lipinski definition) is 3. The lowest BCUT2D eigenvalue weighted by Crippen LogP contribution is -2.58. The average Bonchev–Trinajstić information content (AvgIpc) is 3.12. The first-order valence-corrected chi connectivity index (χ1v) is 9.10. The summed E-state index contributed by atoms with van der Waals surface area (Å²) < 4.78 is 29.5. The molecule has 1 spiro atoms. The van der Waals surface area contributed by atoms with Crippen LogP contribution < -0.4 is 14.8 Å². The SMILES string of the molecule is O=S(=O)(NC1CC1)NC1CCNC2(CCCCC2)C1. The van der Waals surface area contributed by atoms with Gasteiger partial charge in [-0.25, -0.2) is 0 Å². The van der Waals surface area contributed by atoms with Gasteiger partial charge in [-0.3, -0.25) is 0 Å². The zero-order valence-electron chi connectivity index (χ0n) is 11.5. The molecule has 1 saturated heterocycles. The molecule has 5 nitrogen and oxygen atoms in total. The summed E-state index contributed by atoms with van der Waals surface area (Å²) in [6, 6.07) is 0.276. The van der Waals surface area contributed by atoms with Crippen LogP contribution in [0.3, 0.4) is 0 Å². The van der Waals surface area contributed by atoms with Crippen LogP contribution in [-0.4, -0.2) is 32.6 Å². The fourth-order valence-corrected chi connectivity index (χ4v) is 4.92. The first kappa shape index (κ1) is 13.8. The van der Waals surface area contributed by atoms with E-state index in [1.165, 1.54) is 32.1 Å². The van der Waals surface area contributed by atoms with Crippen LogP contribution in [0.5, 0.6) is 0 Å². The lowest BCUT2D eigenvalue weighted by atomic mass is 9.75. The second kappa shape index (κ2) is 5.31. The minimum absolute atomic E-state index is 0.0931. The summed E-state index contributed by atoms with van der Waals surface area (Å²) in [4.78, 5) is 0. The third-order valence-corrected chi connectivity index (χ3v) is 5.95. The van der Waals surface area contributed by atoms with Gasteiger partial charge >= 0.3 is 0 Å². The van der Waals surface area contributed by atoms with Gasteiger partial charge < -0.3 is 5.32 Å². The Morgan fingerprint density at radius 3 is 2.32 bits per heavy atom. The lowest BCUT2D eigenvalue weighted by Gasteiger charge is -2.44. The van der Waals surface area contributed by atoms with Crippen molar-refractivity contribution in [1.82, 2.24) is 14.8 Å². The normalized spacial score (nSPS) is 31.5. The summed E-state index contributed by atoms with van der Waals surface area (Å²) in [5, 5.41) is 3.65. The highest BCUT2D eigenvalue weighted by atomic mass is 32.2. The largest absolute Gasteiger partial charge is 0.311 e. The van der Waals surface area contributed by atoms with E-state index in [1.807, 2.05) is 0 Å². The van der Waals surface area contributed by atoms with E-state index in [0.29, 0.717) is 0 Å². The second-order valence-corrected chi connectivity index (χ2v) is 7.95. The number of rotatable bonds is 4.